The molecule has 8 rings (SSSR count). The molecule has 0 radical (unpaired) electrons. The lowest BCUT2D eigenvalue weighted by molar-refractivity contribution is 0.107. The number of hydrogen-bond acceptors (Lipinski definition) is 7. The van der Waals surface area contributed by atoms with Crippen molar-refractivity contribution in [2.45, 2.75) is 88.0 Å². The summed E-state index contributed by atoms with van der Waals surface area (Å²) in [5.41, 5.74) is 2.33. The second-order valence-corrected chi connectivity index (χ2v) is 13.1. The van der Waals surface area contributed by atoms with Gasteiger partial charge >= 0.3 is 6.01 Å². The molecule has 43 heavy (non-hydrogen) atoms. The molecule has 0 spiro atoms. The van der Waals surface area contributed by atoms with Gasteiger partial charge in [0.25, 0.3) is 0 Å². The Labute approximate surface area is 249 Å². The van der Waals surface area contributed by atoms with Crippen molar-refractivity contribution in [3.8, 4) is 23.0 Å². The number of pyridine rings is 1. The first-order valence-electron chi connectivity index (χ1n) is 15.8. The number of ether oxygens (including phenoxy) is 1. The third-order valence-corrected chi connectivity index (χ3v) is 10.5. The second kappa shape index (κ2) is 10.3. The number of halogens is 2. The molecule has 4 aromatic rings. The number of phenols is 1. The van der Waals surface area contributed by atoms with Crippen LogP contribution in [0, 0.1) is 5.82 Å². The Morgan fingerprint density at radius 2 is 2.00 bits per heavy atom. The normalized spacial score (nSPS) is 28.6. The van der Waals surface area contributed by atoms with Gasteiger partial charge in [-0.3, -0.25) is 9.88 Å². The summed E-state index contributed by atoms with van der Waals surface area (Å²) in [7, 11) is 0. The van der Waals surface area contributed by atoms with Gasteiger partial charge in [-0.05, 0) is 80.0 Å². The van der Waals surface area contributed by atoms with Crippen LogP contribution >= 0.6 is 0 Å². The molecule has 6 heterocycles. The van der Waals surface area contributed by atoms with Crippen molar-refractivity contribution in [1.29, 1.82) is 0 Å². The number of aromatic hydroxyl groups is 1. The number of nitrogens with one attached hydrogen (secondary N) is 1. The average Bonchev–Trinajstić information content (AvgIpc) is 3.65. The topological polar surface area (TPSA) is 83.4 Å². The molecule has 7 nitrogen and oxygen atoms in total. The Hall–Kier alpha value is -3.43. The van der Waals surface area contributed by atoms with Crippen molar-refractivity contribution in [1.82, 2.24) is 25.2 Å². The molecular formula is C34H37F2N5O2. The number of piperidine rings is 1. The standard InChI is InChI=1S/C34H37F2N5O2/c1-2-19-5-3-6-20-13-25(42)14-26(28(19)20)31-29(36)32-27(16-37-31)30(21-11-23-7-8-24(12-21)38-23)39-33(40-32)43-18-34-9-4-10-41(34)17-22(35)15-34/h3,5-6,13-14,16,21-24,38,42H,2,4,7-12,15,17-18H2,1H3/t21?,22-,23-,24+,34+/m1/s1. The lowest BCUT2D eigenvalue weighted by Gasteiger charge is -2.31. The molecule has 4 fully saturated rings. The SMILES string of the molecule is CCc1cccc2cc(O)cc(-c3ncc4c(C5C[C@H]6CC[C@@H](C5)N6)nc(OC[C@@]56CCCN5C[C@H](F)C6)nc4c3F)c12. The molecule has 0 saturated carbocycles. The molecule has 4 aliphatic heterocycles. The predicted molar refractivity (Wildman–Crippen MR) is 162 cm³/mol. The molecule has 2 aromatic heterocycles. The highest BCUT2D eigenvalue weighted by atomic mass is 19.1. The average molecular weight is 586 g/mol. The number of alkyl halides is 1. The van der Waals surface area contributed by atoms with Gasteiger partial charge in [0.1, 0.15) is 29.7 Å². The molecule has 1 unspecified atom stereocenters. The molecule has 2 aromatic carbocycles. The number of aromatic nitrogens is 3. The van der Waals surface area contributed by atoms with Gasteiger partial charge in [0.2, 0.25) is 0 Å². The van der Waals surface area contributed by atoms with Crippen LogP contribution in [-0.2, 0) is 6.42 Å². The van der Waals surface area contributed by atoms with Gasteiger partial charge < -0.3 is 15.2 Å². The lowest BCUT2D eigenvalue weighted by Crippen LogP contribution is -2.43. The van der Waals surface area contributed by atoms with Crippen molar-refractivity contribution in [3.05, 3.63) is 53.6 Å². The Balaban J connectivity index is 1.26. The van der Waals surface area contributed by atoms with Crippen molar-refractivity contribution < 1.29 is 18.6 Å². The minimum atomic E-state index is -0.863. The molecule has 0 aliphatic carbocycles. The van der Waals surface area contributed by atoms with E-state index >= 15 is 4.39 Å². The fraction of sp³-hybridized carbons (Fsp3) is 0.500. The maximum absolute atomic E-state index is 16.8. The molecule has 2 bridgehead atoms. The first kappa shape index (κ1) is 27.1. The smallest absolute Gasteiger partial charge is 0.317 e. The number of fused-ring (bicyclic) bond motifs is 5. The van der Waals surface area contributed by atoms with Gasteiger partial charge in [-0.15, -0.1) is 0 Å². The molecule has 4 aliphatic rings. The van der Waals surface area contributed by atoms with Crippen LogP contribution in [0.1, 0.15) is 69.0 Å². The van der Waals surface area contributed by atoms with Gasteiger partial charge in [0.05, 0.1) is 11.2 Å². The summed E-state index contributed by atoms with van der Waals surface area (Å²) in [5, 5.41) is 16.6. The van der Waals surface area contributed by atoms with E-state index < -0.39 is 12.0 Å². The zero-order chi connectivity index (χ0) is 29.3. The minimum Gasteiger partial charge on any atom is -0.508 e. The van der Waals surface area contributed by atoms with E-state index in [0.29, 0.717) is 36.0 Å². The number of nitrogens with zero attached hydrogens (tertiary/aromatic N) is 4. The highest BCUT2D eigenvalue weighted by Crippen LogP contribution is 2.43. The maximum Gasteiger partial charge on any atom is 0.317 e. The molecule has 5 atom stereocenters. The van der Waals surface area contributed by atoms with E-state index in [1.807, 2.05) is 18.2 Å². The van der Waals surface area contributed by atoms with Crippen LogP contribution < -0.4 is 10.1 Å². The second-order valence-electron chi connectivity index (χ2n) is 13.1. The molecule has 2 N–H and O–H groups in total. The van der Waals surface area contributed by atoms with Gasteiger partial charge in [-0.2, -0.15) is 9.97 Å². The molecule has 224 valence electrons. The Morgan fingerprint density at radius 1 is 1.16 bits per heavy atom. The summed E-state index contributed by atoms with van der Waals surface area (Å²) >= 11 is 0. The number of hydrogen-bond donors (Lipinski definition) is 2. The van der Waals surface area contributed by atoms with Crippen LogP contribution in [0.2, 0.25) is 0 Å². The molecule has 9 heteroatoms. The van der Waals surface area contributed by atoms with Crippen LogP contribution in [0.3, 0.4) is 0 Å². The summed E-state index contributed by atoms with van der Waals surface area (Å²) < 4.78 is 37.5. The van der Waals surface area contributed by atoms with Crippen molar-refractivity contribution in [2.75, 3.05) is 19.7 Å². The zero-order valence-electron chi connectivity index (χ0n) is 24.5. The first-order chi connectivity index (χ1) is 20.9. The Kier molecular flexibility index (Phi) is 6.53. The van der Waals surface area contributed by atoms with Crippen LogP contribution in [0.15, 0.2) is 36.5 Å². The van der Waals surface area contributed by atoms with Crippen molar-refractivity contribution >= 4 is 21.7 Å². The zero-order valence-corrected chi connectivity index (χ0v) is 24.5. The van der Waals surface area contributed by atoms with Crippen LogP contribution in [0.4, 0.5) is 8.78 Å². The van der Waals surface area contributed by atoms with Gasteiger partial charge in [-0.1, -0.05) is 25.1 Å². The molecule has 0 amide bonds. The van der Waals surface area contributed by atoms with Crippen molar-refractivity contribution in [2.24, 2.45) is 0 Å². The molecular weight excluding hydrogens is 548 g/mol. The Bertz CT molecular complexity index is 1720. The van der Waals surface area contributed by atoms with Gasteiger partial charge in [-0.25, -0.2) is 8.78 Å². The summed E-state index contributed by atoms with van der Waals surface area (Å²) in [6.45, 7) is 3.65. The summed E-state index contributed by atoms with van der Waals surface area (Å²) in [5.74, 6) is -0.362. The predicted octanol–water partition coefficient (Wildman–Crippen LogP) is 6.21. The van der Waals surface area contributed by atoms with E-state index in [1.54, 1.807) is 18.3 Å². The van der Waals surface area contributed by atoms with Gasteiger partial charge in [0, 0.05) is 48.1 Å². The first-order valence-corrected chi connectivity index (χ1v) is 15.8. The van der Waals surface area contributed by atoms with Crippen LogP contribution in [0.25, 0.3) is 32.9 Å². The van der Waals surface area contributed by atoms with E-state index in [0.717, 1.165) is 73.5 Å². The van der Waals surface area contributed by atoms with E-state index in [9.17, 15) is 9.50 Å². The number of benzene rings is 2. The highest BCUT2D eigenvalue weighted by Gasteiger charge is 2.49. The summed E-state index contributed by atoms with van der Waals surface area (Å²) in [4.78, 5) is 16.5. The quantitative estimate of drug-likeness (QED) is 0.279. The van der Waals surface area contributed by atoms with Crippen molar-refractivity contribution in [3.63, 3.8) is 0 Å². The van der Waals surface area contributed by atoms with E-state index in [4.69, 9.17) is 9.72 Å². The van der Waals surface area contributed by atoms with Crippen LogP contribution in [0.5, 0.6) is 11.8 Å². The van der Waals surface area contributed by atoms with E-state index in [1.165, 1.54) is 0 Å². The monoisotopic (exact) mass is 585 g/mol. The molecule has 4 saturated heterocycles. The fourth-order valence-electron chi connectivity index (χ4n) is 8.52. The highest BCUT2D eigenvalue weighted by molar-refractivity contribution is 6.01. The third kappa shape index (κ3) is 4.54. The maximum atomic E-state index is 16.8. The third-order valence-electron chi connectivity index (χ3n) is 10.5. The number of aryl methyl sites for hydroxylation is 1. The largest absolute Gasteiger partial charge is 0.508 e. The van der Waals surface area contributed by atoms with Crippen LogP contribution in [-0.4, -0.2) is 68.4 Å². The van der Waals surface area contributed by atoms with E-state index in [-0.39, 0.29) is 41.0 Å². The fourth-order valence-corrected chi connectivity index (χ4v) is 8.52. The number of phenolic OH excluding ortho intramolecular Hbond substituents is 1. The summed E-state index contributed by atoms with van der Waals surface area (Å²) in [6, 6.07) is 10.2. The minimum absolute atomic E-state index is 0.0535. The number of rotatable bonds is 6. The summed E-state index contributed by atoms with van der Waals surface area (Å²) in [6.07, 6.45) is 8.03. The van der Waals surface area contributed by atoms with E-state index in [2.05, 4.69) is 27.1 Å². The Morgan fingerprint density at radius 3 is 2.81 bits per heavy atom. The van der Waals surface area contributed by atoms with Gasteiger partial charge in [0.15, 0.2) is 5.82 Å². The lowest BCUT2D eigenvalue weighted by atomic mass is 9.87.